The Hall–Kier alpha value is -0.470. The fourth-order valence-electron chi connectivity index (χ4n) is 2.66. The van der Waals surface area contributed by atoms with Gasteiger partial charge in [-0.05, 0) is 75.3 Å². The summed E-state index contributed by atoms with van der Waals surface area (Å²) in [7, 11) is 0. The minimum absolute atomic E-state index is 0.618. The average Bonchev–Trinajstić information content (AvgIpc) is 2.35. The summed E-state index contributed by atoms with van der Waals surface area (Å²) in [5, 5.41) is 3.71. The molecule has 1 N–H and O–H groups in total. The van der Waals surface area contributed by atoms with E-state index in [0.717, 1.165) is 6.54 Å². The van der Waals surface area contributed by atoms with Crippen molar-refractivity contribution in [3.05, 3.63) is 34.4 Å². The smallest absolute Gasteiger partial charge is 0.0115 e. The number of rotatable bonds is 8. The maximum absolute atomic E-state index is 3.71. The highest BCUT2D eigenvalue weighted by Crippen LogP contribution is 2.19. The third-order valence-electron chi connectivity index (χ3n) is 3.64. The Morgan fingerprint density at radius 2 is 1.79 bits per heavy atom. The molecule has 0 aromatic heterocycles. The molecule has 0 aliphatic carbocycles. The predicted octanol–water partition coefficient (Wildman–Crippen LogP) is 4.28. The van der Waals surface area contributed by atoms with E-state index in [-0.39, 0.29) is 0 Å². The van der Waals surface area contributed by atoms with E-state index in [4.69, 9.17) is 0 Å². The zero-order valence-electron chi connectivity index (χ0n) is 13.2. The Kier molecular flexibility index (Phi) is 7.55. The van der Waals surface area contributed by atoms with Crippen molar-refractivity contribution < 1.29 is 0 Å². The minimum atomic E-state index is 0.618. The van der Waals surface area contributed by atoms with Crippen LogP contribution >= 0.6 is 11.8 Å². The van der Waals surface area contributed by atoms with Crippen LogP contribution in [0.25, 0.3) is 0 Å². The number of hydrogen-bond donors (Lipinski definition) is 1. The molecule has 1 rings (SSSR count). The topological polar surface area (TPSA) is 12.0 Å². The first kappa shape index (κ1) is 16.6. The summed E-state index contributed by atoms with van der Waals surface area (Å²) in [6.07, 6.45) is 5.83. The Labute approximate surface area is 123 Å². The van der Waals surface area contributed by atoms with E-state index in [0.29, 0.717) is 6.04 Å². The second-order valence-electron chi connectivity index (χ2n) is 5.51. The third-order valence-corrected chi connectivity index (χ3v) is 4.29. The second-order valence-corrected chi connectivity index (χ2v) is 6.50. The highest BCUT2D eigenvalue weighted by Gasteiger charge is 2.12. The first-order valence-corrected chi connectivity index (χ1v) is 8.76. The van der Waals surface area contributed by atoms with Gasteiger partial charge in [-0.25, -0.2) is 0 Å². The van der Waals surface area contributed by atoms with Gasteiger partial charge >= 0.3 is 0 Å². The summed E-state index contributed by atoms with van der Waals surface area (Å²) in [6.45, 7) is 10.1. The number of hydrogen-bond acceptors (Lipinski definition) is 2. The van der Waals surface area contributed by atoms with Crippen LogP contribution in [0, 0.1) is 20.8 Å². The molecule has 0 radical (unpaired) electrons. The average molecular weight is 279 g/mol. The molecule has 0 spiro atoms. The van der Waals surface area contributed by atoms with Crippen LogP contribution in [-0.4, -0.2) is 24.6 Å². The molecule has 1 atom stereocenters. The zero-order valence-corrected chi connectivity index (χ0v) is 14.0. The van der Waals surface area contributed by atoms with Gasteiger partial charge in [0, 0.05) is 6.04 Å². The summed E-state index contributed by atoms with van der Waals surface area (Å²) in [5.74, 6) is 1.24. The molecule has 0 fully saturated rings. The fraction of sp³-hybridized carbons (Fsp3) is 0.647. The molecule has 19 heavy (non-hydrogen) atoms. The van der Waals surface area contributed by atoms with Crippen LogP contribution < -0.4 is 5.32 Å². The van der Waals surface area contributed by atoms with Crippen LogP contribution in [0.4, 0.5) is 0 Å². The van der Waals surface area contributed by atoms with E-state index < -0.39 is 0 Å². The van der Waals surface area contributed by atoms with Gasteiger partial charge in [-0.15, -0.1) is 0 Å². The van der Waals surface area contributed by atoms with Gasteiger partial charge in [0.25, 0.3) is 0 Å². The molecule has 1 aromatic carbocycles. The van der Waals surface area contributed by atoms with Crippen molar-refractivity contribution in [2.24, 2.45) is 0 Å². The lowest BCUT2D eigenvalue weighted by Gasteiger charge is -2.21. The van der Waals surface area contributed by atoms with E-state index in [9.17, 15) is 0 Å². The summed E-state index contributed by atoms with van der Waals surface area (Å²) in [4.78, 5) is 0. The summed E-state index contributed by atoms with van der Waals surface area (Å²) in [6, 6.07) is 5.24. The van der Waals surface area contributed by atoms with E-state index in [2.05, 4.69) is 51.4 Å². The quantitative estimate of drug-likeness (QED) is 0.762. The van der Waals surface area contributed by atoms with Crippen LogP contribution in [0.5, 0.6) is 0 Å². The first-order chi connectivity index (χ1) is 9.08. The van der Waals surface area contributed by atoms with Crippen LogP contribution in [0.2, 0.25) is 0 Å². The van der Waals surface area contributed by atoms with Gasteiger partial charge in [0.1, 0.15) is 0 Å². The van der Waals surface area contributed by atoms with Crippen molar-refractivity contribution in [2.75, 3.05) is 18.6 Å². The lowest BCUT2D eigenvalue weighted by Crippen LogP contribution is -2.32. The molecule has 0 saturated heterocycles. The van der Waals surface area contributed by atoms with Crippen molar-refractivity contribution in [1.82, 2.24) is 5.32 Å². The van der Waals surface area contributed by atoms with E-state index >= 15 is 0 Å². The normalized spacial score (nSPS) is 12.7. The molecule has 108 valence electrons. The maximum atomic E-state index is 3.71. The summed E-state index contributed by atoms with van der Waals surface area (Å²) >= 11 is 1.94. The molecule has 0 aliphatic heterocycles. The Bertz CT molecular complexity index is 356. The Morgan fingerprint density at radius 1 is 1.16 bits per heavy atom. The monoisotopic (exact) mass is 279 g/mol. The Balaban J connectivity index is 2.77. The van der Waals surface area contributed by atoms with Crippen LogP contribution in [0.1, 0.15) is 42.0 Å². The fourth-order valence-corrected chi connectivity index (χ4v) is 3.18. The van der Waals surface area contributed by atoms with Gasteiger partial charge in [0.2, 0.25) is 0 Å². The number of aryl methyl sites for hydroxylation is 3. The van der Waals surface area contributed by atoms with Gasteiger partial charge in [-0.3, -0.25) is 0 Å². The van der Waals surface area contributed by atoms with Gasteiger partial charge < -0.3 is 5.32 Å². The lowest BCUT2D eigenvalue weighted by molar-refractivity contribution is 0.496. The van der Waals surface area contributed by atoms with Crippen molar-refractivity contribution in [2.45, 2.75) is 53.0 Å². The molecular formula is C17H29NS. The predicted molar refractivity (Wildman–Crippen MR) is 89.4 cm³/mol. The number of thioether (sulfide) groups is 1. The van der Waals surface area contributed by atoms with Crippen molar-refractivity contribution in [3.63, 3.8) is 0 Å². The molecule has 2 heteroatoms. The molecular weight excluding hydrogens is 250 g/mol. The molecule has 0 bridgehead atoms. The van der Waals surface area contributed by atoms with E-state index in [1.165, 1.54) is 41.7 Å². The van der Waals surface area contributed by atoms with Gasteiger partial charge in [0.05, 0.1) is 0 Å². The third kappa shape index (κ3) is 5.58. The van der Waals surface area contributed by atoms with Crippen LogP contribution in [0.3, 0.4) is 0 Å². The molecule has 0 amide bonds. The molecule has 1 aromatic rings. The Morgan fingerprint density at radius 3 is 2.32 bits per heavy atom. The summed E-state index contributed by atoms with van der Waals surface area (Å²) < 4.78 is 0. The molecule has 1 unspecified atom stereocenters. The zero-order chi connectivity index (χ0) is 14.3. The molecule has 0 heterocycles. The van der Waals surface area contributed by atoms with Crippen LogP contribution in [-0.2, 0) is 6.42 Å². The van der Waals surface area contributed by atoms with E-state index in [1.807, 2.05) is 11.8 Å². The van der Waals surface area contributed by atoms with Gasteiger partial charge in [-0.2, -0.15) is 11.8 Å². The minimum Gasteiger partial charge on any atom is -0.314 e. The number of nitrogens with one attached hydrogen (secondary N) is 1. The van der Waals surface area contributed by atoms with Crippen molar-refractivity contribution >= 4 is 11.8 Å². The standard InChI is InChI=1S/C17H29NS/c1-6-8-18-16(7-9-19-5)12-17-14(3)10-13(2)11-15(17)4/h10-11,16,18H,6-9,12H2,1-5H3. The molecule has 0 aliphatic rings. The molecule has 0 saturated carbocycles. The first-order valence-electron chi connectivity index (χ1n) is 7.37. The summed E-state index contributed by atoms with van der Waals surface area (Å²) in [5.41, 5.74) is 5.82. The maximum Gasteiger partial charge on any atom is 0.0115 e. The molecule has 1 nitrogen and oxygen atoms in total. The lowest BCUT2D eigenvalue weighted by atomic mass is 9.93. The van der Waals surface area contributed by atoms with Gasteiger partial charge in [0.15, 0.2) is 0 Å². The number of benzene rings is 1. The van der Waals surface area contributed by atoms with E-state index in [1.54, 1.807) is 5.56 Å². The van der Waals surface area contributed by atoms with Crippen LogP contribution in [0.15, 0.2) is 12.1 Å². The highest BCUT2D eigenvalue weighted by molar-refractivity contribution is 7.98. The van der Waals surface area contributed by atoms with Gasteiger partial charge in [-0.1, -0.05) is 24.6 Å². The largest absolute Gasteiger partial charge is 0.314 e. The van der Waals surface area contributed by atoms with Crippen molar-refractivity contribution in [3.8, 4) is 0 Å². The second kappa shape index (κ2) is 8.65. The SMILES string of the molecule is CCCNC(CCSC)Cc1c(C)cc(C)cc1C. The van der Waals surface area contributed by atoms with Crippen molar-refractivity contribution in [1.29, 1.82) is 0 Å². The highest BCUT2D eigenvalue weighted by atomic mass is 32.2.